The minimum atomic E-state index is -3.54. The first-order chi connectivity index (χ1) is 32.1. The summed E-state index contributed by atoms with van der Waals surface area (Å²) >= 11 is 0. The van der Waals surface area contributed by atoms with Gasteiger partial charge in [-0.15, -0.1) is 10.2 Å². The number of anilines is 7. The molecule has 2 saturated carbocycles. The lowest BCUT2D eigenvalue weighted by Crippen LogP contribution is -2.69. The Morgan fingerprint density at radius 3 is 2.25 bits per heavy atom. The Kier molecular flexibility index (Phi) is 12.2. The Labute approximate surface area is 385 Å². The third-order valence-corrected chi connectivity index (χ3v) is 13.5. The number of hydrogen-bond acceptors (Lipinski definition) is 16. The predicted molar refractivity (Wildman–Crippen MR) is 251 cm³/mol. The molecule has 4 N–H and O–H groups in total. The molecule has 5 aromatic rings. The highest BCUT2D eigenvalue weighted by atomic mass is 19.3. The van der Waals surface area contributed by atoms with Gasteiger partial charge in [-0.05, 0) is 81.5 Å². The van der Waals surface area contributed by atoms with E-state index in [1.54, 1.807) is 71.1 Å². The topological polar surface area (TPSA) is 212 Å². The number of piperazine rings is 1. The first-order valence-electron chi connectivity index (χ1n) is 22.7. The summed E-state index contributed by atoms with van der Waals surface area (Å²) in [5.41, 5.74) is 1.78. The maximum absolute atomic E-state index is 15.6. The van der Waals surface area contributed by atoms with Crippen molar-refractivity contribution in [1.29, 1.82) is 0 Å². The summed E-state index contributed by atoms with van der Waals surface area (Å²) in [4.78, 5) is 77.7. The van der Waals surface area contributed by atoms with Gasteiger partial charge in [0.05, 0.1) is 29.6 Å². The van der Waals surface area contributed by atoms with Crippen molar-refractivity contribution in [3.63, 3.8) is 0 Å². The second kappa shape index (κ2) is 18.1. The van der Waals surface area contributed by atoms with Crippen LogP contribution in [0, 0.1) is 12.3 Å². The molecule has 5 aromatic heterocycles. The first kappa shape index (κ1) is 45.3. The van der Waals surface area contributed by atoms with Crippen molar-refractivity contribution < 1.29 is 23.2 Å². The number of rotatable bonds is 14. The fourth-order valence-corrected chi connectivity index (χ4v) is 9.97. The van der Waals surface area contributed by atoms with Crippen LogP contribution in [0.3, 0.4) is 0 Å². The molecule has 9 rings (SSSR count). The van der Waals surface area contributed by atoms with Gasteiger partial charge in [0.1, 0.15) is 23.1 Å². The van der Waals surface area contributed by atoms with Gasteiger partial charge < -0.3 is 36.0 Å². The van der Waals surface area contributed by atoms with Gasteiger partial charge in [0.15, 0.2) is 17.4 Å². The van der Waals surface area contributed by atoms with Crippen LogP contribution in [-0.4, -0.2) is 141 Å². The Balaban J connectivity index is 0.749. The normalized spacial score (nSPS) is 17.5. The third kappa shape index (κ3) is 9.15. The monoisotopic (exact) mass is 919 g/mol. The predicted octanol–water partition coefficient (Wildman–Crippen LogP) is 4.96. The molecule has 4 fully saturated rings. The molecular weight excluding hydrogens is 865 g/mol. The minimum absolute atomic E-state index is 0.0413. The zero-order valence-corrected chi connectivity index (χ0v) is 38.3. The van der Waals surface area contributed by atoms with Crippen molar-refractivity contribution in [1.82, 2.24) is 44.5 Å². The Morgan fingerprint density at radius 2 is 1.61 bits per heavy atom. The van der Waals surface area contributed by atoms with Crippen molar-refractivity contribution in [2.75, 3.05) is 98.0 Å². The second-order valence-corrected chi connectivity index (χ2v) is 18.5. The van der Waals surface area contributed by atoms with Crippen molar-refractivity contribution in [3.8, 4) is 0 Å². The summed E-state index contributed by atoms with van der Waals surface area (Å²) in [6.07, 6.45) is 8.30. The van der Waals surface area contributed by atoms with E-state index in [0.717, 1.165) is 31.4 Å². The Morgan fingerprint density at radius 1 is 0.896 bits per heavy atom. The standard InChI is InChI=1S/C46H55F2N15O4/c1-27-33-23-51-44(56-40(33)63(30-8-6-7-9-30)42(66)38(27)28(2)64)55-35-12-10-31(22-50-35)61-18-16-60(17-19-61)26-46(47,48)43(67)62-24-45(25-62)20-29(21-45)52-39-32(11-13-34(49-3)53-39)41(65)54-36-14-15-37(58-57-36)59(4)5/h10-15,22-23,29-30H,6-9,16-21,24-26H2,1-5H3,(H2,49,52,53)(H,54,57,65)(H,50,51,55,56). The second-order valence-electron chi connectivity index (χ2n) is 18.5. The zero-order chi connectivity index (χ0) is 47.2. The van der Waals surface area contributed by atoms with Gasteiger partial charge in [0.25, 0.3) is 17.4 Å². The highest BCUT2D eigenvalue weighted by molar-refractivity contribution is 6.07. The minimum Gasteiger partial charge on any atom is -0.373 e. The molecule has 7 heterocycles. The fraction of sp³-hybridized carbons (Fsp3) is 0.478. The van der Waals surface area contributed by atoms with Crippen LogP contribution in [-0.2, 0) is 4.79 Å². The number of Topliss-reactive ketones (excluding diaryl/α,β-unsaturated/α-hetero) is 1. The number of pyridine rings is 3. The number of aromatic nitrogens is 7. The molecule has 1 spiro atoms. The van der Waals surface area contributed by atoms with E-state index in [1.807, 2.05) is 20.2 Å². The number of halogens is 2. The van der Waals surface area contributed by atoms with Crippen LogP contribution < -0.4 is 36.6 Å². The fourth-order valence-electron chi connectivity index (χ4n) is 9.97. The molecule has 2 aliphatic carbocycles. The summed E-state index contributed by atoms with van der Waals surface area (Å²) in [5, 5.41) is 21.1. The van der Waals surface area contributed by atoms with Crippen LogP contribution in [0.2, 0.25) is 0 Å². The number of likely N-dealkylation sites (tertiary alicyclic amines) is 1. The van der Waals surface area contributed by atoms with Crippen molar-refractivity contribution in [2.45, 2.75) is 70.4 Å². The van der Waals surface area contributed by atoms with E-state index >= 15 is 8.78 Å². The maximum Gasteiger partial charge on any atom is 0.337 e. The van der Waals surface area contributed by atoms with Gasteiger partial charge in [-0.25, -0.2) is 15.0 Å². The molecule has 2 amide bonds. The number of hydrogen-bond donors (Lipinski definition) is 4. The van der Waals surface area contributed by atoms with Crippen LogP contribution in [0.25, 0.3) is 11.0 Å². The Bertz CT molecular complexity index is 2740. The lowest BCUT2D eigenvalue weighted by Gasteiger charge is -2.59. The summed E-state index contributed by atoms with van der Waals surface area (Å²) in [5.74, 6) is -2.74. The molecule has 0 atom stereocenters. The van der Waals surface area contributed by atoms with E-state index in [0.29, 0.717) is 90.3 Å². The Hall–Kier alpha value is -6.90. The molecule has 4 aliphatic rings. The van der Waals surface area contributed by atoms with Gasteiger partial charge >= 0.3 is 5.92 Å². The van der Waals surface area contributed by atoms with E-state index in [4.69, 9.17) is 4.98 Å². The van der Waals surface area contributed by atoms with Crippen LogP contribution in [0.4, 0.5) is 49.5 Å². The molecule has 0 radical (unpaired) electrons. The summed E-state index contributed by atoms with van der Waals surface area (Å²) in [6, 6.07) is 10.4. The first-order valence-corrected chi connectivity index (χ1v) is 22.7. The van der Waals surface area contributed by atoms with Gasteiger partial charge in [-0.1, -0.05) is 12.8 Å². The molecule has 352 valence electrons. The number of ketones is 1. The highest BCUT2D eigenvalue weighted by Gasteiger charge is 2.57. The molecule has 2 saturated heterocycles. The number of carbonyl (C=O) groups is 3. The number of nitrogens with zero attached hydrogens (tertiary/aromatic N) is 11. The number of aryl methyl sites for hydroxylation is 1. The van der Waals surface area contributed by atoms with Crippen molar-refractivity contribution in [2.24, 2.45) is 5.41 Å². The van der Waals surface area contributed by atoms with Crippen LogP contribution in [0.1, 0.15) is 77.8 Å². The van der Waals surface area contributed by atoms with Crippen LogP contribution in [0.15, 0.2) is 53.6 Å². The smallest absolute Gasteiger partial charge is 0.337 e. The SMILES string of the molecule is CNc1ccc(C(=O)Nc2ccc(N(C)C)nn2)c(NC2CC3(C2)CN(C(=O)C(F)(F)CN2CCN(c4ccc(Nc5ncc6c(C)c(C(C)=O)c(=O)n(C7CCCC7)c6n5)nc4)CC2)C3)n1. The van der Waals surface area contributed by atoms with Crippen molar-refractivity contribution >= 4 is 69.4 Å². The molecule has 19 nitrogen and oxygen atoms in total. The van der Waals surface area contributed by atoms with E-state index in [9.17, 15) is 19.2 Å². The molecule has 2 aliphatic heterocycles. The number of nitrogens with one attached hydrogen (secondary N) is 4. The lowest BCUT2D eigenvalue weighted by molar-refractivity contribution is -0.178. The van der Waals surface area contributed by atoms with E-state index in [2.05, 4.69) is 51.3 Å². The summed E-state index contributed by atoms with van der Waals surface area (Å²) in [6.45, 7) is 4.64. The van der Waals surface area contributed by atoms with Crippen LogP contribution in [0.5, 0.6) is 0 Å². The number of fused-ring (bicyclic) bond motifs is 1. The number of amides is 2. The molecule has 0 bridgehead atoms. The van der Waals surface area contributed by atoms with Crippen LogP contribution >= 0.6 is 0 Å². The molecule has 67 heavy (non-hydrogen) atoms. The van der Waals surface area contributed by atoms with E-state index in [-0.39, 0.29) is 53.4 Å². The number of carbonyl (C=O) groups excluding carboxylic acids is 3. The summed E-state index contributed by atoms with van der Waals surface area (Å²) in [7, 11) is 5.42. The van der Waals surface area contributed by atoms with Gasteiger partial charge in [0, 0.05) is 89.5 Å². The van der Waals surface area contributed by atoms with E-state index < -0.39 is 24.3 Å². The average Bonchev–Trinajstić information content (AvgIpc) is 3.81. The molecular formula is C46H55F2N15O4. The average molecular weight is 920 g/mol. The largest absolute Gasteiger partial charge is 0.373 e. The number of alkyl halides is 2. The maximum atomic E-state index is 15.6. The zero-order valence-electron chi connectivity index (χ0n) is 38.3. The third-order valence-electron chi connectivity index (χ3n) is 13.5. The quantitative estimate of drug-likeness (QED) is 0.108. The lowest BCUT2D eigenvalue weighted by atomic mass is 9.60. The van der Waals surface area contributed by atoms with Gasteiger partial charge in [-0.3, -0.25) is 28.6 Å². The van der Waals surface area contributed by atoms with Gasteiger partial charge in [-0.2, -0.15) is 13.8 Å². The highest BCUT2D eigenvalue weighted by Crippen LogP contribution is 2.50. The molecule has 0 aromatic carbocycles. The molecule has 21 heteroatoms. The van der Waals surface area contributed by atoms with Crippen molar-refractivity contribution in [3.05, 3.63) is 75.8 Å². The van der Waals surface area contributed by atoms with E-state index in [1.165, 1.54) is 11.8 Å². The van der Waals surface area contributed by atoms with Gasteiger partial charge in [0.2, 0.25) is 5.95 Å². The summed E-state index contributed by atoms with van der Waals surface area (Å²) < 4.78 is 32.8. The molecule has 0 unspecified atom stereocenters.